The zero-order chi connectivity index (χ0) is 20.8. The maximum absolute atomic E-state index is 12.1. The first-order chi connectivity index (χ1) is 14.0. The molecule has 0 aliphatic heterocycles. The van der Waals surface area contributed by atoms with E-state index in [-0.39, 0.29) is 5.78 Å². The van der Waals surface area contributed by atoms with E-state index in [2.05, 4.69) is 21.9 Å². The van der Waals surface area contributed by atoms with Crippen LogP contribution in [0.15, 0.2) is 42.7 Å². The molecular weight excluding hydrogens is 409 g/mol. The van der Waals surface area contributed by atoms with Gasteiger partial charge in [0.2, 0.25) is 0 Å². The molecule has 0 atom stereocenters. The molecule has 1 aromatic heterocycles. The number of benzene rings is 2. The summed E-state index contributed by atoms with van der Waals surface area (Å²) >= 11 is 11.9. The first-order valence-corrected chi connectivity index (χ1v) is 9.73. The molecule has 0 bridgehead atoms. The van der Waals surface area contributed by atoms with Crippen LogP contribution in [0.2, 0.25) is 10.0 Å². The summed E-state index contributed by atoms with van der Waals surface area (Å²) in [5.41, 5.74) is 2.44. The third-order valence-corrected chi connectivity index (χ3v) is 4.92. The van der Waals surface area contributed by atoms with Gasteiger partial charge in [0, 0.05) is 24.8 Å². The standard InChI is InChI=1S/C22H19Cl2N3O2/c1-15-25-14-27(26-15)21-10-8-16(13-22(21)29-2)5-3-4-6-18(28)11-17-7-9-19(23)20(24)12-17/h7-10,12-14H,4,6,11H2,1-2H3. The van der Waals surface area contributed by atoms with Crippen LogP contribution in [0.5, 0.6) is 5.75 Å². The van der Waals surface area contributed by atoms with E-state index in [0.717, 1.165) is 16.8 Å². The number of ether oxygens (including phenoxy) is 1. The highest BCUT2D eigenvalue weighted by Crippen LogP contribution is 2.24. The summed E-state index contributed by atoms with van der Waals surface area (Å²) in [6, 6.07) is 10.8. The molecule has 0 fully saturated rings. The minimum absolute atomic E-state index is 0.104. The van der Waals surface area contributed by atoms with Crippen molar-refractivity contribution in [2.24, 2.45) is 0 Å². The maximum Gasteiger partial charge on any atom is 0.147 e. The van der Waals surface area contributed by atoms with Crippen molar-refractivity contribution in [2.45, 2.75) is 26.2 Å². The van der Waals surface area contributed by atoms with Crippen LogP contribution in [-0.4, -0.2) is 27.7 Å². The van der Waals surface area contributed by atoms with Gasteiger partial charge in [0.25, 0.3) is 0 Å². The highest BCUT2D eigenvalue weighted by Gasteiger charge is 2.08. The lowest BCUT2D eigenvalue weighted by atomic mass is 10.1. The van der Waals surface area contributed by atoms with Gasteiger partial charge in [-0.05, 0) is 42.8 Å². The maximum atomic E-state index is 12.1. The highest BCUT2D eigenvalue weighted by atomic mass is 35.5. The fourth-order valence-electron chi connectivity index (χ4n) is 2.74. The summed E-state index contributed by atoms with van der Waals surface area (Å²) in [4.78, 5) is 16.3. The van der Waals surface area contributed by atoms with Gasteiger partial charge in [-0.3, -0.25) is 4.79 Å². The van der Waals surface area contributed by atoms with Gasteiger partial charge in [0.05, 0.1) is 17.2 Å². The number of carbonyl (C=O) groups excluding carboxylic acids is 1. The van der Waals surface area contributed by atoms with Crippen molar-refractivity contribution in [3.63, 3.8) is 0 Å². The third kappa shape index (κ3) is 5.60. The van der Waals surface area contributed by atoms with Crippen molar-refractivity contribution in [1.82, 2.24) is 14.8 Å². The third-order valence-electron chi connectivity index (χ3n) is 4.18. The van der Waals surface area contributed by atoms with E-state index in [1.165, 1.54) is 0 Å². The van der Waals surface area contributed by atoms with Gasteiger partial charge in [-0.1, -0.05) is 41.1 Å². The van der Waals surface area contributed by atoms with Crippen LogP contribution in [0.3, 0.4) is 0 Å². The molecule has 148 valence electrons. The lowest BCUT2D eigenvalue weighted by molar-refractivity contribution is -0.118. The average molecular weight is 428 g/mol. The molecule has 29 heavy (non-hydrogen) atoms. The fourth-order valence-corrected chi connectivity index (χ4v) is 3.06. The van der Waals surface area contributed by atoms with Gasteiger partial charge in [-0.15, -0.1) is 0 Å². The van der Waals surface area contributed by atoms with E-state index in [1.54, 1.807) is 30.3 Å². The van der Waals surface area contributed by atoms with Crippen molar-refractivity contribution in [3.8, 4) is 23.3 Å². The van der Waals surface area contributed by atoms with E-state index < -0.39 is 0 Å². The number of aryl methyl sites for hydroxylation is 1. The molecule has 3 rings (SSSR count). The Morgan fingerprint density at radius 2 is 2.00 bits per heavy atom. The molecule has 0 saturated heterocycles. The van der Waals surface area contributed by atoms with Gasteiger partial charge >= 0.3 is 0 Å². The van der Waals surface area contributed by atoms with Gasteiger partial charge in [0.15, 0.2) is 0 Å². The van der Waals surface area contributed by atoms with E-state index in [0.29, 0.717) is 40.9 Å². The van der Waals surface area contributed by atoms with Crippen LogP contribution in [0.1, 0.15) is 29.8 Å². The summed E-state index contributed by atoms with van der Waals surface area (Å²) in [7, 11) is 1.60. The Balaban J connectivity index is 1.59. The number of Topliss-reactive ketones (excluding diaryl/α,β-unsaturated/α-hetero) is 1. The van der Waals surface area contributed by atoms with Crippen LogP contribution >= 0.6 is 23.2 Å². The molecule has 0 saturated carbocycles. The monoisotopic (exact) mass is 427 g/mol. The average Bonchev–Trinajstić information content (AvgIpc) is 3.14. The van der Waals surface area contributed by atoms with Crippen LogP contribution in [-0.2, 0) is 11.2 Å². The summed E-state index contributed by atoms with van der Waals surface area (Å²) < 4.78 is 7.11. The first kappa shape index (κ1) is 20.9. The van der Waals surface area contributed by atoms with Gasteiger partial charge < -0.3 is 4.74 Å². The molecular formula is C22H19Cl2N3O2. The number of rotatable bonds is 6. The number of aromatic nitrogens is 3. The number of hydrogen-bond donors (Lipinski definition) is 0. The minimum Gasteiger partial charge on any atom is -0.494 e. The van der Waals surface area contributed by atoms with Gasteiger partial charge in [-0.25, -0.2) is 9.67 Å². The Labute approximate surface area is 179 Å². The summed E-state index contributed by atoms with van der Waals surface area (Å²) in [5, 5.41) is 5.23. The Bertz CT molecular complexity index is 1100. The number of nitrogens with zero attached hydrogens (tertiary/aromatic N) is 3. The largest absolute Gasteiger partial charge is 0.494 e. The molecule has 0 spiro atoms. The molecule has 0 amide bonds. The molecule has 1 heterocycles. The molecule has 0 unspecified atom stereocenters. The van der Waals surface area contributed by atoms with Crippen LogP contribution in [0, 0.1) is 18.8 Å². The number of ketones is 1. The number of hydrogen-bond acceptors (Lipinski definition) is 4. The second kappa shape index (κ2) is 9.60. The van der Waals surface area contributed by atoms with Crippen LogP contribution in [0.4, 0.5) is 0 Å². The number of carbonyl (C=O) groups is 1. The van der Waals surface area contributed by atoms with Crippen molar-refractivity contribution < 1.29 is 9.53 Å². The lowest BCUT2D eigenvalue weighted by Gasteiger charge is -2.08. The minimum atomic E-state index is 0.104. The molecule has 0 radical (unpaired) electrons. The highest BCUT2D eigenvalue weighted by molar-refractivity contribution is 6.42. The number of halogens is 2. The predicted octanol–water partition coefficient (Wildman–Crippen LogP) is 4.83. The van der Waals surface area contributed by atoms with E-state index in [1.807, 2.05) is 31.2 Å². The van der Waals surface area contributed by atoms with E-state index in [4.69, 9.17) is 27.9 Å². The second-order valence-corrected chi connectivity index (χ2v) is 7.20. The SMILES string of the molecule is COc1cc(C#CCCC(=O)Cc2ccc(Cl)c(Cl)c2)ccc1-n1cnc(C)n1. The molecule has 2 aromatic carbocycles. The Hall–Kier alpha value is -2.81. The van der Waals surface area contributed by atoms with Crippen LogP contribution < -0.4 is 4.74 Å². The lowest BCUT2D eigenvalue weighted by Crippen LogP contribution is -2.02. The topological polar surface area (TPSA) is 57.0 Å². The molecule has 0 aliphatic rings. The summed E-state index contributed by atoms with van der Waals surface area (Å²) in [5.74, 6) is 7.55. The van der Waals surface area contributed by atoms with Crippen molar-refractivity contribution >= 4 is 29.0 Å². The smallest absolute Gasteiger partial charge is 0.147 e. The van der Waals surface area contributed by atoms with Crippen molar-refractivity contribution in [1.29, 1.82) is 0 Å². The summed E-state index contributed by atoms with van der Waals surface area (Å²) in [6.07, 6.45) is 2.81. The summed E-state index contributed by atoms with van der Waals surface area (Å²) in [6.45, 7) is 1.83. The fraction of sp³-hybridized carbons (Fsp3) is 0.227. The second-order valence-electron chi connectivity index (χ2n) is 6.39. The number of methoxy groups -OCH3 is 1. The Morgan fingerprint density at radius 3 is 2.69 bits per heavy atom. The quantitative estimate of drug-likeness (QED) is 0.528. The zero-order valence-electron chi connectivity index (χ0n) is 16.1. The Kier molecular flexibility index (Phi) is 6.92. The predicted molar refractivity (Wildman–Crippen MR) is 114 cm³/mol. The molecule has 7 heteroatoms. The first-order valence-electron chi connectivity index (χ1n) is 8.97. The molecule has 0 N–H and O–H groups in total. The molecule has 3 aromatic rings. The Morgan fingerprint density at radius 1 is 1.17 bits per heavy atom. The van der Waals surface area contributed by atoms with Gasteiger partial charge in [-0.2, -0.15) is 5.10 Å². The zero-order valence-corrected chi connectivity index (χ0v) is 17.6. The van der Waals surface area contributed by atoms with Crippen molar-refractivity contribution in [2.75, 3.05) is 7.11 Å². The van der Waals surface area contributed by atoms with Gasteiger partial charge in [0.1, 0.15) is 29.4 Å². The van der Waals surface area contributed by atoms with E-state index in [9.17, 15) is 4.79 Å². The van der Waals surface area contributed by atoms with Crippen molar-refractivity contribution in [3.05, 3.63) is 69.7 Å². The molecule has 0 aliphatic carbocycles. The molecule has 5 nitrogen and oxygen atoms in total. The normalized spacial score (nSPS) is 10.3. The van der Waals surface area contributed by atoms with Crippen LogP contribution in [0.25, 0.3) is 5.69 Å². The van der Waals surface area contributed by atoms with E-state index >= 15 is 0 Å².